The van der Waals surface area contributed by atoms with Crippen LogP contribution in [0.25, 0.3) is 10.9 Å². The molecule has 10 heteroatoms. The van der Waals surface area contributed by atoms with Gasteiger partial charge in [-0.15, -0.1) is 0 Å². The number of benzene rings is 1. The van der Waals surface area contributed by atoms with E-state index in [9.17, 15) is 27.2 Å². The quantitative estimate of drug-likeness (QED) is 0.357. The summed E-state index contributed by atoms with van der Waals surface area (Å²) in [6, 6.07) is -0.316. The maximum Gasteiger partial charge on any atom is 0.387 e. The van der Waals surface area contributed by atoms with E-state index < -0.39 is 57.5 Å². The summed E-state index contributed by atoms with van der Waals surface area (Å²) in [5.74, 6) is -5.62. The number of ether oxygens (including phenoxy) is 2. The molecule has 0 unspecified atom stereocenters. The van der Waals surface area contributed by atoms with Crippen LogP contribution in [0.4, 0.5) is 23.2 Å². The van der Waals surface area contributed by atoms with E-state index in [0.29, 0.717) is 12.8 Å². The molecule has 2 aromatic rings. The van der Waals surface area contributed by atoms with Gasteiger partial charge in [0, 0.05) is 12.2 Å². The first-order valence-corrected chi connectivity index (χ1v) is 7.86. The van der Waals surface area contributed by atoms with Gasteiger partial charge in [-0.05, 0) is 12.8 Å². The van der Waals surface area contributed by atoms with Crippen molar-refractivity contribution in [3.05, 3.63) is 46.3 Å². The van der Waals surface area contributed by atoms with Gasteiger partial charge in [-0.1, -0.05) is 12.7 Å². The molecule has 1 saturated carbocycles. The molecule has 2 N–H and O–H groups in total. The summed E-state index contributed by atoms with van der Waals surface area (Å²) in [4.78, 5) is 24.8. The maximum absolute atomic E-state index is 14.2. The number of hydrogen-bond acceptors (Lipinski definition) is 5. The van der Waals surface area contributed by atoms with E-state index in [0.717, 1.165) is 6.20 Å². The fourth-order valence-electron chi connectivity index (χ4n) is 2.74. The smallest absolute Gasteiger partial charge is 0.387 e. The average molecular weight is 386 g/mol. The van der Waals surface area contributed by atoms with Crippen LogP contribution in [0.5, 0.6) is 5.75 Å². The minimum absolute atomic E-state index is 0.188. The van der Waals surface area contributed by atoms with Crippen LogP contribution in [-0.4, -0.2) is 23.8 Å². The molecule has 0 spiro atoms. The summed E-state index contributed by atoms with van der Waals surface area (Å²) >= 11 is 0. The van der Waals surface area contributed by atoms with Crippen molar-refractivity contribution in [2.24, 2.45) is 0 Å². The molecule has 27 heavy (non-hydrogen) atoms. The van der Waals surface area contributed by atoms with E-state index >= 15 is 0 Å². The zero-order chi connectivity index (χ0) is 19.9. The molecule has 3 rings (SSSR count). The summed E-state index contributed by atoms with van der Waals surface area (Å²) in [6.07, 6.45) is 3.48. The average Bonchev–Trinajstić information content (AvgIpc) is 3.45. The molecule has 1 aromatic carbocycles. The molecule has 0 radical (unpaired) electrons. The number of pyridine rings is 1. The van der Waals surface area contributed by atoms with Crippen molar-refractivity contribution in [1.82, 2.24) is 4.57 Å². The number of esters is 1. The topological polar surface area (TPSA) is 83.6 Å². The first-order valence-electron chi connectivity index (χ1n) is 7.86. The van der Waals surface area contributed by atoms with Crippen molar-refractivity contribution in [2.45, 2.75) is 25.5 Å². The second-order valence-electron chi connectivity index (χ2n) is 5.87. The number of rotatable bonds is 6. The fourth-order valence-corrected chi connectivity index (χ4v) is 2.74. The van der Waals surface area contributed by atoms with Gasteiger partial charge < -0.3 is 19.8 Å². The Morgan fingerprint density at radius 2 is 2.04 bits per heavy atom. The Kier molecular flexibility index (Phi) is 4.81. The lowest BCUT2D eigenvalue weighted by Gasteiger charge is -2.18. The second kappa shape index (κ2) is 6.93. The van der Waals surface area contributed by atoms with Crippen LogP contribution in [0.1, 0.15) is 29.2 Å². The molecule has 144 valence electrons. The van der Waals surface area contributed by atoms with E-state index in [1.54, 1.807) is 0 Å². The lowest BCUT2D eigenvalue weighted by atomic mass is 10.1. The van der Waals surface area contributed by atoms with Gasteiger partial charge in [0.15, 0.2) is 11.6 Å². The highest BCUT2D eigenvalue weighted by molar-refractivity contribution is 6.00. The van der Waals surface area contributed by atoms with E-state index in [1.165, 1.54) is 10.6 Å². The van der Waals surface area contributed by atoms with Crippen LogP contribution < -0.4 is 15.9 Å². The van der Waals surface area contributed by atoms with Crippen molar-refractivity contribution in [3.8, 4) is 5.75 Å². The van der Waals surface area contributed by atoms with Gasteiger partial charge in [-0.25, -0.2) is 9.18 Å². The van der Waals surface area contributed by atoms with Crippen molar-refractivity contribution in [3.63, 3.8) is 0 Å². The van der Waals surface area contributed by atoms with Crippen molar-refractivity contribution < 1.29 is 31.8 Å². The number of halogens is 4. The molecule has 0 saturated heterocycles. The molecule has 1 heterocycles. The van der Waals surface area contributed by atoms with Crippen LogP contribution in [-0.2, 0) is 4.74 Å². The number of aromatic nitrogens is 1. The molecular formula is C17H14F4N2O4. The molecule has 1 fully saturated rings. The molecule has 6 nitrogen and oxygen atoms in total. The van der Waals surface area contributed by atoms with Gasteiger partial charge in [-0.3, -0.25) is 4.79 Å². The van der Waals surface area contributed by atoms with Gasteiger partial charge in [0.25, 0.3) is 0 Å². The lowest BCUT2D eigenvalue weighted by molar-refractivity contribution is -0.0516. The first-order chi connectivity index (χ1) is 12.8. The van der Waals surface area contributed by atoms with Crippen molar-refractivity contribution >= 4 is 22.6 Å². The number of nitrogens with two attached hydrogens (primary N) is 1. The third kappa shape index (κ3) is 3.22. The molecule has 0 aliphatic heterocycles. The number of hydrogen-bond donors (Lipinski definition) is 1. The Balaban J connectivity index is 2.39. The summed E-state index contributed by atoms with van der Waals surface area (Å²) in [7, 11) is 0. The highest BCUT2D eigenvalue weighted by Crippen LogP contribution is 2.42. The third-order valence-electron chi connectivity index (χ3n) is 4.05. The number of fused-ring (bicyclic) bond motifs is 1. The van der Waals surface area contributed by atoms with Crippen molar-refractivity contribution in [1.29, 1.82) is 0 Å². The van der Waals surface area contributed by atoms with Crippen LogP contribution in [0.2, 0.25) is 0 Å². The number of anilines is 1. The molecule has 1 aromatic heterocycles. The minimum Gasteiger partial charge on any atom is -0.458 e. The number of carbonyl (C=O) groups excluding carboxylic acids is 1. The lowest BCUT2D eigenvalue weighted by Crippen LogP contribution is -2.23. The number of nitrogen functional groups attached to an aromatic ring is 1. The summed E-state index contributed by atoms with van der Waals surface area (Å²) in [5, 5.41) is -0.621. The molecule has 1 aliphatic rings. The summed E-state index contributed by atoms with van der Waals surface area (Å²) < 4.78 is 64.0. The van der Waals surface area contributed by atoms with E-state index in [-0.39, 0.29) is 12.6 Å². The summed E-state index contributed by atoms with van der Waals surface area (Å²) in [6.45, 7) is -0.285. The fraction of sp³-hybridized carbons (Fsp3) is 0.294. The monoisotopic (exact) mass is 386 g/mol. The Labute approximate surface area is 149 Å². The van der Waals surface area contributed by atoms with Crippen LogP contribution in [0, 0.1) is 11.6 Å². The number of alkyl halides is 2. The van der Waals surface area contributed by atoms with Gasteiger partial charge >= 0.3 is 12.6 Å². The van der Waals surface area contributed by atoms with E-state index in [1.807, 2.05) is 0 Å². The predicted molar refractivity (Wildman–Crippen MR) is 87.9 cm³/mol. The van der Waals surface area contributed by atoms with Gasteiger partial charge in [0.1, 0.15) is 17.7 Å². The van der Waals surface area contributed by atoms with E-state index in [2.05, 4.69) is 11.3 Å². The first kappa shape index (κ1) is 18.7. The Morgan fingerprint density at radius 3 is 2.59 bits per heavy atom. The second-order valence-corrected chi connectivity index (χ2v) is 5.87. The standard InChI is InChI=1S/C17H14F4N2O4/c1-2-5-26-16(25)8-6-23(7-3-4-7)13-9(14(8)24)12(22)10(18)11(19)15(13)27-17(20)21/h2,6-7,17H,1,3-5,22H2. The normalized spacial score (nSPS) is 13.8. The number of carbonyl (C=O) groups is 1. The molecule has 0 bridgehead atoms. The molecule has 0 amide bonds. The maximum atomic E-state index is 14.2. The van der Waals surface area contributed by atoms with Gasteiger partial charge in [0.2, 0.25) is 11.2 Å². The largest absolute Gasteiger partial charge is 0.458 e. The van der Waals surface area contributed by atoms with Gasteiger partial charge in [0.05, 0.1) is 11.1 Å². The summed E-state index contributed by atoms with van der Waals surface area (Å²) in [5.41, 5.74) is 2.64. The Morgan fingerprint density at radius 1 is 1.37 bits per heavy atom. The SMILES string of the molecule is C=CCOC(=O)c1cn(C2CC2)c2c(OC(F)F)c(F)c(F)c(N)c2c1=O. The Hall–Kier alpha value is -3.04. The zero-order valence-corrected chi connectivity index (χ0v) is 13.8. The third-order valence-corrected chi connectivity index (χ3v) is 4.05. The predicted octanol–water partition coefficient (Wildman–Crippen LogP) is 3.14. The molecular weight excluding hydrogens is 372 g/mol. The van der Waals surface area contributed by atoms with Crippen LogP contribution in [0.3, 0.4) is 0 Å². The molecule has 0 atom stereocenters. The van der Waals surface area contributed by atoms with Crippen LogP contribution in [0.15, 0.2) is 23.6 Å². The van der Waals surface area contributed by atoms with Crippen molar-refractivity contribution in [2.75, 3.05) is 12.3 Å². The van der Waals surface area contributed by atoms with Gasteiger partial charge in [-0.2, -0.15) is 13.2 Å². The highest BCUT2D eigenvalue weighted by atomic mass is 19.3. The zero-order valence-electron chi connectivity index (χ0n) is 13.8. The molecule has 1 aliphatic carbocycles. The van der Waals surface area contributed by atoms with Crippen LogP contribution >= 0.6 is 0 Å². The Bertz CT molecular complexity index is 999. The van der Waals surface area contributed by atoms with E-state index in [4.69, 9.17) is 10.5 Å². The number of nitrogens with zero attached hydrogens (tertiary/aromatic N) is 1. The highest BCUT2D eigenvalue weighted by Gasteiger charge is 2.33. The minimum atomic E-state index is -3.47.